The van der Waals surface area contributed by atoms with Crippen LogP contribution in [0, 0.1) is 0 Å². The Bertz CT molecular complexity index is 1030. The quantitative estimate of drug-likeness (QED) is 0.708. The van der Waals surface area contributed by atoms with Crippen LogP contribution in [0.1, 0.15) is 42.4 Å². The molecule has 0 radical (unpaired) electrons. The number of carbonyl (C=O) groups is 2. The van der Waals surface area contributed by atoms with Crippen LogP contribution in [-0.2, 0) is 0 Å². The van der Waals surface area contributed by atoms with Gasteiger partial charge in [-0.15, -0.1) is 10.2 Å². The molecular formula is C20H23N7O2. The first-order valence-corrected chi connectivity index (χ1v) is 9.63. The summed E-state index contributed by atoms with van der Waals surface area (Å²) in [4.78, 5) is 30.7. The zero-order valence-electron chi connectivity index (χ0n) is 16.4. The highest BCUT2D eigenvalue weighted by Gasteiger charge is 2.30. The maximum absolute atomic E-state index is 12.6. The first-order chi connectivity index (χ1) is 14.0. The van der Waals surface area contributed by atoms with E-state index in [-0.39, 0.29) is 23.9 Å². The maximum atomic E-state index is 12.6. The third-order valence-electron chi connectivity index (χ3n) is 4.86. The summed E-state index contributed by atoms with van der Waals surface area (Å²) in [5.74, 6) is 0.597. The van der Waals surface area contributed by atoms with E-state index in [1.165, 1.54) is 0 Å². The lowest BCUT2D eigenvalue weighted by molar-refractivity contribution is 0.102. The topological polar surface area (TPSA) is 105 Å². The second-order valence-electron chi connectivity index (χ2n) is 7.44. The lowest BCUT2D eigenvalue weighted by atomic mass is 10.1. The standard InChI is InChI=1S/C20H23N7O2/c1-13(2)22-20(29)26-9-7-14(11-26)18-25-24-17-6-5-15(12-27(17)18)19(28)23-16-4-3-8-21-10-16/h3-6,8,10,12-14H,7,9,11H2,1-2H3,(H,22,29)(H,23,28). The van der Waals surface area contributed by atoms with Gasteiger partial charge in [-0.25, -0.2) is 4.79 Å². The molecule has 3 aromatic rings. The Morgan fingerprint density at radius 3 is 2.83 bits per heavy atom. The van der Waals surface area contributed by atoms with E-state index in [9.17, 15) is 9.59 Å². The van der Waals surface area contributed by atoms with Gasteiger partial charge in [0.2, 0.25) is 0 Å². The lowest BCUT2D eigenvalue weighted by Gasteiger charge is -2.18. The normalized spacial score (nSPS) is 16.4. The van der Waals surface area contributed by atoms with Crippen molar-refractivity contribution < 1.29 is 9.59 Å². The van der Waals surface area contributed by atoms with Crippen LogP contribution in [0.5, 0.6) is 0 Å². The molecule has 4 heterocycles. The number of nitrogens with zero attached hydrogens (tertiary/aromatic N) is 5. The van der Waals surface area contributed by atoms with Gasteiger partial charge in [0.25, 0.3) is 5.91 Å². The minimum absolute atomic E-state index is 0.0622. The van der Waals surface area contributed by atoms with Crippen LogP contribution in [0.15, 0.2) is 42.9 Å². The average Bonchev–Trinajstić information content (AvgIpc) is 3.34. The van der Waals surface area contributed by atoms with Crippen molar-refractivity contribution in [2.75, 3.05) is 18.4 Å². The molecule has 0 aromatic carbocycles. The monoisotopic (exact) mass is 393 g/mol. The van der Waals surface area contributed by atoms with Gasteiger partial charge in [0.1, 0.15) is 5.82 Å². The molecule has 0 bridgehead atoms. The minimum Gasteiger partial charge on any atom is -0.336 e. The molecule has 1 aliphatic rings. The highest BCUT2D eigenvalue weighted by molar-refractivity contribution is 6.04. The van der Waals surface area contributed by atoms with Crippen LogP contribution in [-0.4, -0.2) is 55.6 Å². The number of pyridine rings is 2. The fourth-order valence-electron chi connectivity index (χ4n) is 3.45. The third-order valence-corrected chi connectivity index (χ3v) is 4.86. The summed E-state index contributed by atoms with van der Waals surface area (Å²) >= 11 is 0. The molecule has 3 amide bonds. The SMILES string of the molecule is CC(C)NC(=O)N1CCC(c2nnc3ccc(C(=O)Nc4cccnc4)cn23)C1. The Balaban J connectivity index is 1.53. The van der Waals surface area contributed by atoms with Gasteiger partial charge in [-0.1, -0.05) is 0 Å². The van der Waals surface area contributed by atoms with Crippen LogP contribution in [0.2, 0.25) is 0 Å². The van der Waals surface area contributed by atoms with Crippen LogP contribution in [0.3, 0.4) is 0 Å². The second-order valence-corrected chi connectivity index (χ2v) is 7.44. The molecule has 4 rings (SSSR count). The number of fused-ring (bicyclic) bond motifs is 1. The fraction of sp³-hybridized carbons (Fsp3) is 0.350. The molecule has 0 spiro atoms. The van der Waals surface area contributed by atoms with E-state index < -0.39 is 0 Å². The first-order valence-electron chi connectivity index (χ1n) is 9.63. The number of urea groups is 1. The maximum Gasteiger partial charge on any atom is 0.317 e. The zero-order chi connectivity index (χ0) is 20.4. The van der Waals surface area contributed by atoms with Crippen molar-refractivity contribution in [2.45, 2.75) is 32.2 Å². The van der Waals surface area contributed by atoms with E-state index >= 15 is 0 Å². The third kappa shape index (κ3) is 4.03. The fourth-order valence-corrected chi connectivity index (χ4v) is 3.45. The van der Waals surface area contributed by atoms with Crippen molar-refractivity contribution in [3.8, 4) is 0 Å². The van der Waals surface area contributed by atoms with E-state index in [0.717, 1.165) is 12.2 Å². The van der Waals surface area contributed by atoms with Gasteiger partial charge in [-0.2, -0.15) is 0 Å². The predicted octanol–water partition coefficient (Wildman–Crippen LogP) is 2.28. The minimum atomic E-state index is -0.232. The van der Waals surface area contributed by atoms with Gasteiger partial charge >= 0.3 is 6.03 Å². The van der Waals surface area contributed by atoms with Crippen LogP contribution in [0.4, 0.5) is 10.5 Å². The van der Waals surface area contributed by atoms with Crippen molar-refractivity contribution in [3.05, 3.63) is 54.2 Å². The van der Waals surface area contributed by atoms with E-state index in [4.69, 9.17) is 0 Å². The number of aromatic nitrogens is 4. The Hall–Kier alpha value is -3.49. The summed E-state index contributed by atoms with van der Waals surface area (Å²) in [6.07, 6.45) is 5.79. The molecule has 29 heavy (non-hydrogen) atoms. The number of carbonyl (C=O) groups excluding carboxylic acids is 2. The number of likely N-dealkylation sites (tertiary alicyclic amines) is 1. The van der Waals surface area contributed by atoms with Gasteiger partial charge in [0.05, 0.1) is 17.4 Å². The highest BCUT2D eigenvalue weighted by atomic mass is 16.2. The van der Waals surface area contributed by atoms with E-state index in [1.807, 2.05) is 18.2 Å². The molecule has 0 saturated carbocycles. The Kier molecular flexibility index (Phi) is 5.11. The number of hydrogen-bond acceptors (Lipinski definition) is 5. The highest BCUT2D eigenvalue weighted by Crippen LogP contribution is 2.26. The molecule has 1 unspecified atom stereocenters. The Labute approximate surface area is 168 Å². The second kappa shape index (κ2) is 7.86. The Morgan fingerprint density at radius 1 is 1.21 bits per heavy atom. The van der Waals surface area contributed by atoms with Gasteiger partial charge in [0.15, 0.2) is 5.65 Å². The van der Waals surface area contributed by atoms with Crippen LogP contribution < -0.4 is 10.6 Å². The molecule has 9 nitrogen and oxygen atoms in total. The number of anilines is 1. The van der Waals surface area contributed by atoms with Crippen LogP contribution in [0.25, 0.3) is 5.65 Å². The van der Waals surface area contributed by atoms with Crippen LogP contribution >= 0.6 is 0 Å². The van der Waals surface area contributed by atoms with Crippen molar-refractivity contribution in [2.24, 2.45) is 0 Å². The molecule has 1 fully saturated rings. The van der Waals surface area contributed by atoms with Gasteiger partial charge in [-0.05, 0) is 44.5 Å². The molecule has 150 valence electrons. The van der Waals surface area contributed by atoms with Crippen molar-refractivity contribution >= 4 is 23.3 Å². The lowest BCUT2D eigenvalue weighted by Crippen LogP contribution is -2.41. The summed E-state index contributed by atoms with van der Waals surface area (Å²) in [7, 11) is 0. The van der Waals surface area contributed by atoms with Crippen molar-refractivity contribution in [1.82, 2.24) is 29.8 Å². The Morgan fingerprint density at radius 2 is 2.07 bits per heavy atom. The molecule has 1 aliphatic heterocycles. The number of nitrogens with one attached hydrogen (secondary N) is 2. The first kappa shape index (κ1) is 18.9. The van der Waals surface area contributed by atoms with E-state index in [2.05, 4.69) is 25.8 Å². The zero-order valence-corrected chi connectivity index (χ0v) is 16.4. The van der Waals surface area contributed by atoms with Crippen molar-refractivity contribution in [3.63, 3.8) is 0 Å². The number of hydrogen-bond donors (Lipinski definition) is 2. The molecular weight excluding hydrogens is 370 g/mol. The predicted molar refractivity (Wildman–Crippen MR) is 108 cm³/mol. The van der Waals surface area contributed by atoms with Gasteiger partial charge in [0, 0.05) is 37.4 Å². The van der Waals surface area contributed by atoms with Gasteiger partial charge in [-0.3, -0.25) is 14.2 Å². The largest absolute Gasteiger partial charge is 0.336 e. The molecule has 9 heteroatoms. The van der Waals surface area contributed by atoms with Crippen molar-refractivity contribution in [1.29, 1.82) is 0 Å². The van der Waals surface area contributed by atoms with Gasteiger partial charge < -0.3 is 15.5 Å². The smallest absolute Gasteiger partial charge is 0.317 e. The molecule has 1 atom stereocenters. The van der Waals surface area contributed by atoms with E-state index in [1.54, 1.807) is 47.8 Å². The number of amides is 3. The summed E-state index contributed by atoms with van der Waals surface area (Å²) in [6.45, 7) is 5.12. The number of rotatable bonds is 4. The molecule has 0 aliphatic carbocycles. The molecule has 1 saturated heterocycles. The average molecular weight is 393 g/mol. The van der Waals surface area contributed by atoms with E-state index in [0.29, 0.717) is 30.0 Å². The summed E-state index contributed by atoms with van der Waals surface area (Å²) in [5, 5.41) is 14.3. The summed E-state index contributed by atoms with van der Waals surface area (Å²) < 4.78 is 1.84. The molecule has 2 N–H and O–H groups in total. The molecule has 3 aromatic heterocycles. The summed E-state index contributed by atoms with van der Waals surface area (Å²) in [5.41, 5.74) is 1.79. The summed E-state index contributed by atoms with van der Waals surface area (Å²) in [6, 6.07) is 7.06.